The van der Waals surface area contributed by atoms with Gasteiger partial charge in [0.05, 0.1) is 5.52 Å². The van der Waals surface area contributed by atoms with Gasteiger partial charge >= 0.3 is 0 Å². The Labute approximate surface area is 116 Å². The van der Waals surface area contributed by atoms with Crippen LogP contribution in [0.3, 0.4) is 0 Å². The Balaban J connectivity index is 1.83. The molecule has 4 nitrogen and oxygen atoms in total. The minimum atomic E-state index is 0.0720. The Morgan fingerprint density at radius 1 is 1.05 bits per heavy atom. The minimum absolute atomic E-state index is 0.0720. The van der Waals surface area contributed by atoms with Gasteiger partial charge in [0.1, 0.15) is 19.5 Å². The summed E-state index contributed by atoms with van der Waals surface area (Å²) in [5.74, 6) is 0.831. The maximum Gasteiger partial charge on any atom is 0.226 e. The molecule has 0 fully saturated rings. The predicted octanol–water partition coefficient (Wildman–Crippen LogP) is 2.98. The molecule has 0 unspecified atom stereocenters. The van der Waals surface area contributed by atoms with Crippen LogP contribution in [0.4, 0.5) is 0 Å². The first-order valence-corrected chi connectivity index (χ1v) is 6.33. The van der Waals surface area contributed by atoms with Gasteiger partial charge in [-0.3, -0.25) is 0 Å². The molecule has 0 spiro atoms. The molecular weight excluding hydrogens is 254 g/mol. The lowest BCUT2D eigenvalue weighted by atomic mass is 10.2. The second-order valence-electron chi connectivity index (χ2n) is 4.47. The van der Waals surface area contributed by atoms with E-state index in [1.807, 2.05) is 48.5 Å². The molecule has 0 atom stereocenters. The van der Waals surface area contributed by atoms with Crippen LogP contribution in [0.25, 0.3) is 10.9 Å². The highest BCUT2D eigenvalue weighted by Gasteiger charge is 2.08. The van der Waals surface area contributed by atoms with E-state index >= 15 is 0 Å². The normalized spacial score (nSPS) is 10.7. The summed E-state index contributed by atoms with van der Waals surface area (Å²) < 4.78 is 7.12. The first-order chi connectivity index (χ1) is 9.78. The van der Waals surface area contributed by atoms with Crippen LogP contribution in [0.5, 0.6) is 11.6 Å². The second kappa shape index (κ2) is 5.17. The van der Waals surface area contributed by atoms with Crippen molar-refractivity contribution in [1.82, 2.24) is 4.73 Å². The molecule has 4 heteroatoms. The number of benzene rings is 2. The largest absolute Gasteiger partial charge is 0.492 e. The van der Waals surface area contributed by atoms with Gasteiger partial charge in [-0.05, 0) is 23.8 Å². The lowest BCUT2D eigenvalue weighted by molar-refractivity contribution is 0.152. The molecule has 3 aromatic rings. The number of aromatic hydroxyl groups is 1. The summed E-state index contributed by atoms with van der Waals surface area (Å²) in [6, 6.07) is 17.2. The summed E-state index contributed by atoms with van der Waals surface area (Å²) in [5, 5.41) is 10.6. The van der Waals surface area contributed by atoms with Gasteiger partial charge in [0.15, 0.2) is 0 Å². The Kier molecular flexibility index (Phi) is 3.21. The van der Waals surface area contributed by atoms with Crippen LogP contribution < -0.4 is 9.57 Å². The van der Waals surface area contributed by atoms with Gasteiger partial charge in [0.25, 0.3) is 0 Å². The van der Waals surface area contributed by atoms with E-state index in [1.165, 1.54) is 11.8 Å². The second-order valence-corrected chi connectivity index (χ2v) is 4.47. The van der Waals surface area contributed by atoms with Crippen LogP contribution in [0.2, 0.25) is 0 Å². The van der Waals surface area contributed by atoms with E-state index in [0.717, 1.165) is 22.2 Å². The van der Waals surface area contributed by atoms with Crippen LogP contribution in [0.1, 0.15) is 5.56 Å². The predicted molar refractivity (Wildman–Crippen MR) is 76.9 cm³/mol. The molecule has 2 aromatic carbocycles. The first kappa shape index (κ1) is 12.4. The molecule has 20 heavy (non-hydrogen) atoms. The zero-order valence-electron chi connectivity index (χ0n) is 11.1. The number of aromatic nitrogens is 1. The molecule has 0 saturated heterocycles. The maximum atomic E-state index is 9.73. The smallest absolute Gasteiger partial charge is 0.226 e. The molecule has 1 heterocycles. The average molecular weight is 269 g/mol. The van der Waals surface area contributed by atoms with Crippen molar-refractivity contribution >= 4 is 10.9 Å². The summed E-state index contributed by atoms with van der Waals surface area (Å²) in [6.45, 7) is 0.517. The van der Waals surface area contributed by atoms with E-state index in [2.05, 4.69) is 0 Å². The Morgan fingerprint density at radius 2 is 1.85 bits per heavy atom. The van der Waals surface area contributed by atoms with Crippen molar-refractivity contribution in [3.8, 4) is 11.6 Å². The summed E-state index contributed by atoms with van der Waals surface area (Å²) in [4.78, 5) is 5.09. The fraction of sp³-hybridized carbons (Fsp3) is 0.125. The monoisotopic (exact) mass is 269 g/mol. The van der Waals surface area contributed by atoms with Crippen molar-refractivity contribution in [2.24, 2.45) is 0 Å². The topological polar surface area (TPSA) is 43.6 Å². The van der Waals surface area contributed by atoms with Gasteiger partial charge in [0, 0.05) is 11.5 Å². The van der Waals surface area contributed by atoms with E-state index in [4.69, 9.17) is 9.57 Å². The molecule has 1 N–H and O–H groups in total. The highest BCUT2D eigenvalue weighted by molar-refractivity contribution is 5.83. The molecule has 0 saturated carbocycles. The molecule has 1 aromatic heterocycles. The Morgan fingerprint density at radius 3 is 2.60 bits per heavy atom. The summed E-state index contributed by atoms with van der Waals surface area (Å²) in [6.07, 6.45) is 0. The number of rotatable bonds is 4. The zero-order valence-corrected chi connectivity index (χ0v) is 11.1. The number of hydrogen-bond donors (Lipinski definition) is 1. The van der Waals surface area contributed by atoms with Gasteiger partial charge in [0.2, 0.25) is 5.88 Å². The lowest BCUT2D eigenvalue weighted by Crippen LogP contribution is -2.03. The highest BCUT2D eigenvalue weighted by atomic mass is 16.7. The fourth-order valence-corrected chi connectivity index (χ4v) is 2.18. The van der Waals surface area contributed by atoms with E-state index in [9.17, 15) is 5.11 Å². The Hall–Kier alpha value is -2.62. The van der Waals surface area contributed by atoms with Crippen molar-refractivity contribution in [2.75, 3.05) is 7.11 Å². The molecule has 3 rings (SSSR count). The van der Waals surface area contributed by atoms with Crippen molar-refractivity contribution in [3.05, 3.63) is 60.2 Å². The third-order valence-corrected chi connectivity index (χ3v) is 3.14. The highest BCUT2D eigenvalue weighted by Crippen LogP contribution is 2.27. The van der Waals surface area contributed by atoms with Crippen molar-refractivity contribution in [1.29, 1.82) is 0 Å². The molecule has 0 bridgehead atoms. The van der Waals surface area contributed by atoms with Gasteiger partial charge in [-0.1, -0.05) is 30.3 Å². The van der Waals surface area contributed by atoms with Gasteiger partial charge < -0.3 is 14.7 Å². The van der Waals surface area contributed by atoms with Crippen molar-refractivity contribution < 1.29 is 14.7 Å². The molecule has 0 aliphatic rings. The van der Waals surface area contributed by atoms with Gasteiger partial charge in [-0.25, -0.2) is 0 Å². The third-order valence-electron chi connectivity index (χ3n) is 3.14. The molecule has 0 aliphatic heterocycles. The number of hydrogen-bond acceptors (Lipinski definition) is 3. The van der Waals surface area contributed by atoms with Crippen molar-refractivity contribution in [3.63, 3.8) is 0 Å². The first-order valence-electron chi connectivity index (χ1n) is 6.33. The number of nitrogens with zero attached hydrogens (tertiary/aromatic N) is 1. The van der Waals surface area contributed by atoms with Gasteiger partial charge in [-0.2, -0.15) is 0 Å². The summed E-state index contributed by atoms with van der Waals surface area (Å²) >= 11 is 0. The van der Waals surface area contributed by atoms with E-state index < -0.39 is 0 Å². The van der Waals surface area contributed by atoms with Crippen LogP contribution >= 0.6 is 0 Å². The fourth-order valence-electron chi connectivity index (χ4n) is 2.18. The minimum Gasteiger partial charge on any atom is -0.492 e. The third kappa shape index (κ3) is 2.28. The van der Waals surface area contributed by atoms with Crippen LogP contribution in [0, 0.1) is 0 Å². The van der Waals surface area contributed by atoms with Crippen LogP contribution in [-0.4, -0.2) is 16.9 Å². The van der Waals surface area contributed by atoms with E-state index in [1.54, 1.807) is 6.07 Å². The Bertz CT molecular complexity index is 719. The molecule has 0 amide bonds. The molecule has 102 valence electrons. The van der Waals surface area contributed by atoms with Gasteiger partial charge in [-0.15, -0.1) is 4.73 Å². The van der Waals surface area contributed by atoms with Crippen LogP contribution in [-0.2, 0) is 6.61 Å². The van der Waals surface area contributed by atoms with E-state index in [0.29, 0.717) is 6.61 Å². The van der Waals surface area contributed by atoms with Crippen molar-refractivity contribution in [2.45, 2.75) is 6.61 Å². The maximum absolute atomic E-state index is 9.73. The molecule has 0 aliphatic carbocycles. The lowest BCUT2D eigenvalue weighted by Gasteiger charge is -2.07. The zero-order chi connectivity index (χ0) is 13.9. The quantitative estimate of drug-likeness (QED) is 0.792. The standard InChI is InChI=1S/C16H15NO3/c1-19-17-15-8-7-14(9-13(15)10-16(17)18)20-11-12-5-3-2-4-6-12/h2-10,18H,11H2,1H3. The number of ether oxygens (including phenoxy) is 1. The van der Waals surface area contributed by atoms with E-state index in [-0.39, 0.29) is 5.88 Å². The summed E-state index contributed by atoms with van der Waals surface area (Å²) in [7, 11) is 1.51. The average Bonchev–Trinajstić information content (AvgIpc) is 2.80. The van der Waals surface area contributed by atoms with Crippen LogP contribution in [0.15, 0.2) is 54.6 Å². The molecule has 0 radical (unpaired) electrons. The summed E-state index contributed by atoms with van der Waals surface area (Å²) in [5.41, 5.74) is 1.92. The number of fused-ring (bicyclic) bond motifs is 1. The molecular formula is C16H15NO3. The SMILES string of the molecule is COn1c(O)cc2cc(OCc3ccccc3)ccc21.